The van der Waals surface area contributed by atoms with Crippen molar-refractivity contribution in [2.24, 2.45) is 5.73 Å². The van der Waals surface area contributed by atoms with Gasteiger partial charge in [0.25, 0.3) is 12.9 Å². The second kappa shape index (κ2) is 13.0. The van der Waals surface area contributed by atoms with Gasteiger partial charge in [-0.15, -0.1) is 12.4 Å². The number of alkyl carbamates (subject to hydrolysis) is 1. The SMILES string of the molecule is CC(C)(C)OC(=O)NCc1cccnc1C(F)F.Cl.NCc1cccnc1C(F)F. The van der Waals surface area contributed by atoms with E-state index in [0.717, 1.165) is 0 Å². The minimum Gasteiger partial charge on any atom is -0.444 e. The number of alkyl halides is 4. The van der Waals surface area contributed by atoms with Crippen LogP contribution in [0.4, 0.5) is 22.4 Å². The zero-order valence-electron chi connectivity index (χ0n) is 16.7. The Morgan fingerprint density at radius 2 is 1.50 bits per heavy atom. The zero-order valence-corrected chi connectivity index (χ0v) is 17.6. The van der Waals surface area contributed by atoms with Crippen LogP contribution in [0, 0.1) is 0 Å². The molecule has 0 saturated carbocycles. The number of amides is 1. The number of ether oxygens (including phenoxy) is 1. The summed E-state index contributed by atoms with van der Waals surface area (Å²) < 4.78 is 54.4. The lowest BCUT2D eigenvalue weighted by Gasteiger charge is -2.19. The van der Waals surface area contributed by atoms with Gasteiger partial charge in [-0.1, -0.05) is 12.1 Å². The number of nitrogens with two attached hydrogens (primary N) is 1. The van der Waals surface area contributed by atoms with Gasteiger partial charge in [-0.3, -0.25) is 9.97 Å². The van der Waals surface area contributed by atoms with E-state index in [1.807, 2.05) is 0 Å². The Labute approximate surface area is 178 Å². The lowest BCUT2D eigenvalue weighted by Crippen LogP contribution is -2.32. The number of pyridine rings is 2. The molecule has 0 aliphatic carbocycles. The summed E-state index contributed by atoms with van der Waals surface area (Å²) in [6, 6.07) is 6.17. The highest BCUT2D eigenvalue weighted by Gasteiger charge is 2.18. The molecule has 2 rings (SSSR count). The highest BCUT2D eigenvalue weighted by molar-refractivity contribution is 5.85. The van der Waals surface area contributed by atoms with Crippen LogP contribution in [0.3, 0.4) is 0 Å². The van der Waals surface area contributed by atoms with Crippen LogP contribution in [0.25, 0.3) is 0 Å². The lowest BCUT2D eigenvalue weighted by molar-refractivity contribution is 0.0522. The summed E-state index contributed by atoms with van der Waals surface area (Å²) in [5, 5.41) is 2.42. The molecule has 0 saturated heterocycles. The van der Waals surface area contributed by atoms with Crippen molar-refractivity contribution >= 4 is 18.5 Å². The third-order valence-electron chi connectivity index (χ3n) is 3.31. The van der Waals surface area contributed by atoms with Crippen LogP contribution in [0.15, 0.2) is 36.7 Å². The van der Waals surface area contributed by atoms with Crippen molar-refractivity contribution in [2.45, 2.75) is 52.3 Å². The van der Waals surface area contributed by atoms with E-state index < -0.39 is 24.5 Å². The molecule has 2 heterocycles. The van der Waals surface area contributed by atoms with Crippen LogP contribution in [0.2, 0.25) is 0 Å². The molecule has 30 heavy (non-hydrogen) atoms. The number of carbonyl (C=O) groups is 1. The summed E-state index contributed by atoms with van der Waals surface area (Å²) in [6.07, 6.45) is -3.22. The smallest absolute Gasteiger partial charge is 0.407 e. The van der Waals surface area contributed by atoms with Crippen molar-refractivity contribution in [2.75, 3.05) is 0 Å². The zero-order chi connectivity index (χ0) is 22.0. The summed E-state index contributed by atoms with van der Waals surface area (Å²) >= 11 is 0. The van der Waals surface area contributed by atoms with E-state index in [1.165, 1.54) is 24.5 Å². The summed E-state index contributed by atoms with van der Waals surface area (Å²) in [5.41, 5.74) is 4.74. The van der Waals surface area contributed by atoms with Crippen LogP contribution >= 0.6 is 12.4 Å². The quantitative estimate of drug-likeness (QED) is 0.627. The molecule has 0 spiro atoms. The van der Waals surface area contributed by atoms with Gasteiger partial charge >= 0.3 is 6.09 Å². The Kier molecular flexibility index (Phi) is 11.9. The highest BCUT2D eigenvalue weighted by atomic mass is 35.5. The third-order valence-corrected chi connectivity index (χ3v) is 3.31. The number of nitrogens with one attached hydrogen (secondary N) is 1. The predicted octanol–water partition coefficient (Wildman–Crippen LogP) is 4.94. The number of hydrogen-bond donors (Lipinski definition) is 2. The van der Waals surface area contributed by atoms with Gasteiger partial charge in [0, 0.05) is 25.5 Å². The fourth-order valence-corrected chi connectivity index (χ4v) is 2.10. The summed E-state index contributed by atoms with van der Waals surface area (Å²) in [7, 11) is 0. The molecule has 2 aromatic heterocycles. The average Bonchev–Trinajstić information content (AvgIpc) is 2.65. The summed E-state index contributed by atoms with van der Waals surface area (Å²) in [5.74, 6) is 0. The highest BCUT2D eigenvalue weighted by Crippen LogP contribution is 2.20. The molecule has 168 valence electrons. The molecule has 6 nitrogen and oxygen atoms in total. The number of nitrogens with zero attached hydrogens (tertiary/aromatic N) is 2. The molecule has 0 radical (unpaired) electrons. The van der Waals surface area contributed by atoms with Gasteiger partial charge < -0.3 is 15.8 Å². The minimum absolute atomic E-state index is 0. The van der Waals surface area contributed by atoms with Crippen molar-refractivity contribution in [3.05, 3.63) is 59.2 Å². The van der Waals surface area contributed by atoms with Crippen LogP contribution in [-0.4, -0.2) is 21.7 Å². The Balaban J connectivity index is 0.000000603. The molecule has 0 fully saturated rings. The van der Waals surface area contributed by atoms with Crippen LogP contribution in [0.1, 0.15) is 56.1 Å². The van der Waals surface area contributed by atoms with Gasteiger partial charge in [0.05, 0.1) is 0 Å². The Morgan fingerprint density at radius 1 is 1.03 bits per heavy atom. The molecular weight excluding hydrogens is 428 g/mol. The molecule has 3 N–H and O–H groups in total. The van der Waals surface area contributed by atoms with Gasteiger partial charge in [-0.2, -0.15) is 0 Å². The lowest BCUT2D eigenvalue weighted by atomic mass is 10.2. The third kappa shape index (κ3) is 9.84. The van der Waals surface area contributed by atoms with E-state index in [4.69, 9.17) is 10.5 Å². The topological polar surface area (TPSA) is 90.1 Å². The maximum absolute atomic E-state index is 12.6. The second-order valence-corrected chi connectivity index (χ2v) is 6.76. The van der Waals surface area contributed by atoms with Crippen LogP contribution < -0.4 is 11.1 Å². The molecule has 11 heteroatoms. The first kappa shape index (κ1) is 27.5. The molecule has 2 aromatic rings. The van der Waals surface area contributed by atoms with Crippen molar-refractivity contribution < 1.29 is 27.1 Å². The maximum Gasteiger partial charge on any atom is 0.407 e. The van der Waals surface area contributed by atoms with Gasteiger partial charge in [-0.25, -0.2) is 22.4 Å². The maximum atomic E-state index is 12.6. The van der Waals surface area contributed by atoms with E-state index in [1.54, 1.807) is 32.9 Å². The first-order chi connectivity index (χ1) is 13.5. The monoisotopic (exact) mass is 452 g/mol. The largest absolute Gasteiger partial charge is 0.444 e. The first-order valence-corrected chi connectivity index (χ1v) is 8.66. The van der Waals surface area contributed by atoms with Crippen molar-refractivity contribution in [1.29, 1.82) is 0 Å². The molecule has 1 amide bonds. The molecule has 0 aliphatic heterocycles. The average molecular weight is 453 g/mol. The van der Waals surface area contributed by atoms with E-state index >= 15 is 0 Å². The second-order valence-electron chi connectivity index (χ2n) is 6.76. The predicted molar refractivity (Wildman–Crippen MR) is 107 cm³/mol. The standard InChI is InChI=1S/C12H16F2N2O2.C7H8F2N2.ClH/c1-12(2,3)18-11(17)16-7-8-5-4-6-15-9(8)10(13)14;8-7(9)6-5(4-10)2-1-3-11-6;/h4-6,10H,7H2,1-3H3,(H,16,17);1-3,7H,4,10H2;1H. The first-order valence-electron chi connectivity index (χ1n) is 8.66. The van der Waals surface area contributed by atoms with Gasteiger partial charge in [0.15, 0.2) is 0 Å². The van der Waals surface area contributed by atoms with Crippen molar-refractivity contribution in [1.82, 2.24) is 15.3 Å². The van der Waals surface area contributed by atoms with Gasteiger partial charge in [0.1, 0.15) is 17.0 Å². The Morgan fingerprint density at radius 3 is 1.90 bits per heavy atom. The van der Waals surface area contributed by atoms with E-state index in [9.17, 15) is 22.4 Å². The van der Waals surface area contributed by atoms with Crippen molar-refractivity contribution in [3.63, 3.8) is 0 Å². The number of halogens is 5. The number of aromatic nitrogens is 2. The number of hydrogen-bond acceptors (Lipinski definition) is 5. The van der Waals surface area contributed by atoms with E-state index in [2.05, 4.69) is 15.3 Å². The molecule has 0 atom stereocenters. The Bertz CT molecular complexity index is 789. The molecular formula is C19H25ClF4N4O2. The fraction of sp³-hybridized carbons (Fsp3) is 0.421. The summed E-state index contributed by atoms with van der Waals surface area (Å²) in [6.45, 7) is 5.24. The molecule has 0 bridgehead atoms. The van der Waals surface area contributed by atoms with Crippen LogP contribution in [-0.2, 0) is 17.8 Å². The Hall–Kier alpha value is -2.46. The fourth-order valence-electron chi connectivity index (χ4n) is 2.10. The van der Waals surface area contributed by atoms with Gasteiger partial charge in [-0.05, 0) is 44.0 Å². The van der Waals surface area contributed by atoms with E-state index in [0.29, 0.717) is 5.56 Å². The summed E-state index contributed by atoms with van der Waals surface area (Å²) in [4.78, 5) is 18.5. The van der Waals surface area contributed by atoms with Gasteiger partial charge in [0.2, 0.25) is 0 Å². The van der Waals surface area contributed by atoms with Crippen LogP contribution in [0.5, 0.6) is 0 Å². The van der Waals surface area contributed by atoms with Crippen molar-refractivity contribution in [3.8, 4) is 0 Å². The molecule has 0 aromatic carbocycles. The normalized spacial score (nSPS) is 10.7. The molecule has 0 unspecified atom stereocenters. The number of carbonyl (C=O) groups excluding carboxylic acids is 1. The minimum atomic E-state index is -2.67. The number of rotatable bonds is 5. The van der Waals surface area contributed by atoms with E-state index in [-0.39, 0.29) is 42.4 Å². The molecule has 0 aliphatic rings.